The van der Waals surface area contributed by atoms with Crippen LogP contribution in [0.1, 0.15) is 77.1 Å². The molecular formula is C33H43FN6. The Balaban J connectivity index is 1.73. The van der Waals surface area contributed by atoms with Crippen LogP contribution in [0.15, 0.2) is 76.9 Å². The monoisotopic (exact) mass is 542 g/mol. The SMILES string of the molecule is C\C=C/C(=C\C(C)=C\CC)c1ncc(CNc2ncnc(N3CCC(C)=C(N=C/C=C/CCC)C3)c2C)cc1F. The van der Waals surface area contributed by atoms with Crippen molar-refractivity contribution in [3.05, 3.63) is 94.5 Å². The average Bonchev–Trinajstić information content (AvgIpc) is 2.93. The number of anilines is 2. The summed E-state index contributed by atoms with van der Waals surface area (Å²) in [5, 5.41) is 3.36. The molecule has 0 unspecified atom stereocenters. The van der Waals surface area contributed by atoms with Gasteiger partial charge in [0, 0.05) is 36.6 Å². The fourth-order valence-electron chi connectivity index (χ4n) is 4.54. The Hall–Kier alpha value is -3.87. The minimum Gasteiger partial charge on any atom is -0.366 e. The molecule has 6 nitrogen and oxygen atoms in total. The van der Waals surface area contributed by atoms with Crippen molar-refractivity contribution in [1.29, 1.82) is 0 Å². The number of hydrogen-bond donors (Lipinski definition) is 1. The molecule has 0 saturated carbocycles. The smallest absolute Gasteiger partial charge is 0.149 e. The highest BCUT2D eigenvalue weighted by atomic mass is 19.1. The van der Waals surface area contributed by atoms with E-state index in [9.17, 15) is 0 Å². The molecule has 2 aromatic heterocycles. The van der Waals surface area contributed by atoms with Crippen molar-refractivity contribution >= 4 is 23.4 Å². The van der Waals surface area contributed by atoms with Gasteiger partial charge in [0.1, 0.15) is 29.5 Å². The third-order valence-corrected chi connectivity index (χ3v) is 6.74. The molecule has 1 aliphatic rings. The van der Waals surface area contributed by atoms with Crippen molar-refractivity contribution in [2.45, 2.75) is 73.8 Å². The number of rotatable bonds is 12. The van der Waals surface area contributed by atoms with Crippen LogP contribution in [0.25, 0.3) is 5.57 Å². The predicted molar refractivity (Wildman–Crippen MR) is 167 cm³/mol. The molecule has 0 amide bonds. The van der Waals surface area contributed by atoms with Gasteiger partial charge in [0.25, 0.3) is 0 Å². The van der Waals surface area contributed by atoms with E-state index in [0.29, 0.717) is 18.8 Å². The minimum absolute atomic E-state index is 0.346. The lowest BCUT2D eigenvalue weighted by molar-refractivity contribution is 0.614. The second kappa shape index (κ2) is 15.7. The molecule has 3 heterocycles. The molecule has 0 radical (unpaired) electrons. The Bertz CT molecular complexity index is 1330. The normalized spacial score (nSPS) is 15.3. The Labute approximate surface area is 239 Å². The van der Waals surface area contributed by atoms with Crippen molar-refractivity contribution in [2.75, 3.05) is 23.3 Å². The quantitative estimate of drug-likeness (QED) is 0.216. The van der Waals surface area contributed by atoms with Gasteiger partial charge in [-0.25, -0.2) is 14.4 Å². The minimum atomic E-state index is -0.346. The Kier molecular flexibility index (Phi) is 12.0. The highest BCUT2D eigenvalue weighted by Gasteiger charge is 2.20. The van der Waals surface area contributed by atoms with Gasteiger partial charge in [-0.05, 0) is 70.2 Å². The Morgan fingerprint density at radius 3 is 2.75 bits per heavy atom. The summed E-state index contributed by atoms with van der Waals surface area (Å²) in [6, 6.07) is 1.54. The van der Waals surface area contributed by atoms with Gasteiger partial charge in [0.05, 0.1) is 12.2 Å². The summed E-state index contributed by atoms with van der Waals surface area (Å²) in [6.07, 6.45) is 21.3. The maximum absolute atomic E-state index is 15.2. The van der Waals surface area contributed by atoms with Crippen molar-refractivity contribution in [3.63, 3.8) is 0 Å². The van der Waals surface area contributed by atoms with Crippen LogP contribution in [0.3, 0.4) is 0 Å². The van der Waals surface area contributed by atoms with E-state index in [1.807, 2.05) is 51.3 Å². The fourth-order valence-corrected chi connectivity index (χ4v) is 4.54. The Morgan fingerprint density at radius 1 is 1.20 bits per heavy atom. The summed E-state index contributed by atoms with van der Waals surface area (Å²) in [7, 11) is 0. The lowest BCUT2D eigenvalue weighted by atomic mass is 10.1. The number of unbranched alkanes of at least 4 members (excludes halogenated alkanes) is 1. The van der Waals surface area contributed by atoms with E-state index in [0.717, 1.165) is 71.8 Å². The molecule has 0 aromatic carbocycles. The van der Waals surface area contributed by atoms with Crippen molar-refractivity contribution in [1.82, 2.24) is 15.0 Å². The number of pyridine rings is 1. The van der Waals surface area contributed by atoms with Gasteiger partial charge < -0.3 is 10.2 Å². The molecular weight excluding hydrogens is 499 g/mol. The zero-order valence-electron chi connectivity index (χ0n) is 24.8. The van der Waals surface area contributed by atoms with E-state index < -0.39 is 0 Å². The molecule has 0 fully saturated rings. The number of hydrogen-bond acceptors (Lipinski definition) is 6. The molecule has 0 bridgehead atoms. The molecule has 1 N–H and O–H groups in total. The third kappa shape index (κ3) is 8.57. The zero-order chi connectivity index (χ0) is 28.9. The highest BCUT2D eigenvalue weighted by molar-refractivity contribution is 5.74. The van der Waals surface area contributed by atoms with Crippen LogP contribution in [-0.4, -0.2) is 34.3 Å². The molecule has 2 aromatic rings. The molecule has 212 valence electrons. The molecule has 0 atom stereocenters. The number of nitrogens with zero attached hydrogens (tertiary/aromatic N) is 5. The highest BCUT2D eigenvalue weighted by Crippen LogP contribution is 2.28. The molecule has 0 aliphatic carbocycles. The Morgan fingerprint density at radius 2 is 2.02 bits per heavy atom. The van der Waals surface area contributed by atoms with Gasteiger partial charge in [-0.3, -0.25) is 9.98 Å². The number of aliphatic imine (C=N–C) groups is 1. The summed E-state index contributed by atoms with van der Waals surface area (Å²) in [5.74, 6) is 1.26. The van der Waals surface area contributed by atoms with Crippen molar-refractivity contribution in [2.24, 2.45) is 4.99 Å². The first-order valence-electron chi connectivity index (χ1n) is 14.2. The number of allylic oxidation sites excluding steroid dienone is 8. The van der Waals surface area contributed by atoms with Gasteiger partial charge in [-0.1, -0.05) is 56.2 Å². The van der Waals surface area contributed by atoms with E-state index in [2.05, 4.69) is 58.1 Å². The number of halogens is 1. The van der Waals surface area contributed by atoms with E-state index in [1.54, 1.807) is 18.6 Å². The maximum Gasteiger partial charge on any atom is 0.149 e. The summed E-state index contributed by atoms with van der Waals surface area (Å²) in [4.78, 5) is 20.5. The van der Waals surface area contributed by atoms with Crippen molar-refractivity contribution in [3.8, 4) is 0 Å². The van der Waals surface area contributed by atoms with Crippen LogP contribution >= 0.6 is 0 Å². The lowest BCUT2D eigenvalue weighted by Gasteiger charge is -2.30. The van der Waals surface area contributed by atoms with Crippen LogP contribution in [0.4, 0.5) is 16.0 Å². The number of nitrogens with one attached hydrogen (secondary N) is 1. The first-order valence-corrected chi connectivity index (χ1v) is 14.2. The lowest BCUT2D eigenvalue weighted by Crippen LogP contribution is -2.32. The van der Waals surface area contributed by atoms with Gasteiger partial charge >= 0.3 is 0 Å². The zero-order valence-corrected chi connectivity index (χ0v) is 24.8. The van der Waals surface area contributed by atoms with E-state index >= 15 is 4.39 Å². The fraction of sp³-hybridized carbons (Fsp3) is 0.394. The van der Waals surface area contributed by atoms with Crippen LogP contribution in [0.5, 0.6) is 0 Å². The third-order valence-electron chi connectivity index (χ3n) is 6.74. The van der Waals surface area contributed by atoms with Gasteiger partial charge in [0.2, 0.25) is 0 Å². The first-order chi connectivity index (χ1) is 19.4. The largest absolute Gasteiger partial charge is 0.366 e. The number of aromatic nitrogens is 3. The summed E-state index contributed by atoms with van der Waals surface area (Å²) >= 11 is 0. The van der Waals surface area contributed by atoms with Crippen molar-refractivity contribution < 1.29 is 4.39 Å². The summed E-state index contributed by atoms with van der Waals surface area (Å²) < 4.78 is 15.2. The topological polar surface area (TPSA) is 66.3 Å². The maximum atomic E-state index is 15.2. The summed E-state index contributed by atoms with van der Waals surface area (Å²) in [5.41, 5.74) is 6.26. The van der Waals surface area contributed by atoms with E-state index in [4.69, 9.17) is 4.99 Å². The molecule has 40 heavy (non-hydrogen) atoms. The van der Waals surface area contributed by atoms with Crippen LogP contribution in [0, 0.1) is 12.7 Å². The molecule has 3 rings (SSSR count). The average molecular weight is 543 g/mol. The standard InChI is InChI=1S/C33H43FN6/c1-7-10-11-12-16-35-30-22-40(17-15-25(30)5)33-26(6)32(38-23-39-33)37-21-27-19-29(34)31(36-20-27)28(14-9-3)18-24(4)13-8-2/h9,11-14,16,18-20,23H,7-8,10,15,17,21-22H2,1-6H3,(H,37,38,39)/b12-11+,14-9-,24-13+,28-18+,35-16?. The molecule has 0 saturated heterocycles. The second-order valence-corrected chi connectivity index (χ2v) is 10.0. The van der Waals surface area contributed by atoms with Crippen LogP contribution < -0.4 is 10.2 Å². The molecule has 7 heteroatoms. The molecule has 1 aliphatic heterocycles. The van der Waals surface area contributed by atoms with Crippen LogP contribution in [-0.2, 0) is 6.54 Å². The summed E-state index contributed by atoms with van der Waals surface area (Å²) in [6.45, 7) is 14.3. The second-order valence-electron chi connectivity index (χ2n) is 10.0. The first kappa shape index (κ1) is 30.7. The van der Waals surface area contributed by atoms with Crippen LogP contribution in [0.2, 0.25) is 0 Å². The van der Waals surface area contributed by atoms with E-state index in [1.165, 1.54) is 5.57 Å². The van der Waals surface area contributed by atoms with E-state index in [-0.39, 0.29) is 5.82 Å². The van der Waals surface area contributed by atoms with Gasteiger partial charge in [-0.2, -0.15) is 0 Å². The predicted octanol–water partition coefficient (Wildman–Crippen LogP) is 8.16. The van der Waals surface area contributed by atoms with Gasteiger partial charge in [0.15, 0.2) is 0 Å². The molecule has 0 spiro atoms. The van der Waals surface area contributed by atoms with Gasteiger partial charge in [-0.15, -0.1) is 0 Å².